The molecule has 23 heavy (non-hydrogen) atoms. The van der Waals surface area contributed by atoms with Crippen molar-refractivity contribution in [2.75, 3.05) is 0 Å². The van der Waals surface area contributed by atoms with Crippen LogP contribution in [0.15, 0.2) is 24.3 Å². The van der Waals surface area contributed by atoms with E-state index in [4.69, 9.17) is 0 Å². The number of benzene rings is 1. The van der Waals surface area contributed by atoms with Gasteiger partial charge in [-0.15, -0.1) is 11.8 Å². The first kappa shape index (κ1) is 15.8. The molecule has 3 rings (SSSR count). The number of nitrogens with zero attached hydrogens (tertiary/aromatic N) is 1. The Morgan fingerprint density at radius 2 is 2.00 bits per heavy atom. The summed E-state index contributed by atoms with van der Waals surface area (Å²) in [5.74, 6) is -2.88. The molecule has 0 saturated carbocycles. The van der Waals surface area contributed by atoms with Gasteiger partial charge in [-0.1, -0.05) is 12.1 Å². The van der Waals surface area contributed by atoms with Crippen molar-refractivity contribution in [3.05, 3.63) is 35.6 Å². The van der Waals surface area contributed by atoms with Crippen LogP contribution in [-0.4, -0.2) is 50.0 Å². The molecule has 0 aliphatic carbocycles. The van der Waals surface area contributed by atoms with E-state index in [0.717, 1.165) is 6.07 Å². The third-order valence-electron chi connectivity index (χ3n) is 4.08. The average Bonchev–Trinajstić information content (AvgIpc) is 2.73. The molecule has 1 aromatic rings. The van der Waals surface area contributed by atoms with Crippen LogP contribution < -0.4 is 5.32 Å². The zero-order chi connectivity index (χ0) is 16.9. The van der Waals surface area contributed by atoms with Crippen LogP contribution in [0, 0.1) is 5.82 Å². The number of carboxylic acids is 1. The lowest BCUT2D eigenvalue weighted by molar-refractivity contribution is -0.159. The minimum Gasteiger partial charge on any atom is -0.480 e. The van der Waals surface area contributed by atoms with Crippen LogP contribution in [-0.2, 0) is 9.59 Å². The molecule has 3 atom stereocenters. The van der Waals surface area contributed by atoms with Gasteiger partial charge in [0, 0.05) is 4.75 Å². The molecule has 0 bridgehead atoms. The minimum atomic E-state index is -1.07. The van der Waals surface area contributed by atoms with Crippen molar-refractivity contribution in [1.29, 1.82) is 0 Å². The van der Waals surface area contributed by atoms with Gasteiger partial charge in [0.2, 0.25) is 5.91 Å². The van der Waals surface area contributed by atoms with Crippen molar-refractivity contribution < 1.29 is 23.9 Å². The number of rotatable bonds is 3. The Kier molecular flexibility index (Phi) is 3.59. The molecule has 0 radical (unpaired) electrons. The molecule has 2 heterocycles. The monoisotopic (exact) mass is 338 g/mol. The number of aliphatic carboxylic acids is 1. The smallest absolute Gasteiger partial charge is 0.327 e. The molecule has 0 unspecified atom stereocenters. The summed E-state index contributed by atoms with van der Waals surface area (Å²) < 4.78 is 13.0. The van der Waals surface area contributed by atoms with E-state index in [1.54, 1.807) is 13.8 Å². The van der Waals surface area contributed by atoms with E-state index in [9.17, 15) is 23.9 Å². The summed E-state index contributed by atoms with van der Waals surface area (Å²) in [4.78, 5) is 37.1. The van der Waals surface area contributed by atoms with Gasteiger partial charge in [-0.2, -0.15) is 0 Å². The zero-order valence-corrected chi connectivity index (χ0v) is 13.3. The van der Waals surface area contributed by atoms with Gasteiger partial charge in [-0.25, -0.2) is 9.18 Å². The molecule has 2 amide bonds. The second kappa shape index (κ2) is 5.23. The van der Waals surface area contributed by atoms with Crippen molar-refractivity contribution in [3.8, 4) is 0 Å². The van der Waals surface area contributed by atoms with E-state index in [1.165, 1.54) is 34.9 Å². The molecule has 122 valence electrons. The number of carboxylic acid groups (broad SMARTS) is 1. The molecule has 0 spiro atoms. The molecule has 2 aliphatic heterocycles. The number of thioether (sulfide) groups is 1. The van der Waals surface area contributed by atoms with Gasteiger partial charge < -0.3 is 15.3 Å². The highest BCUT2D eigenvalue weighted by molar-refractivity contribution is 8.01. The highest BCUT2D eigenvalue weighted by atomic mass is 32.2. The molecule has 8 heteroatoms. The number of carbonyl (C=O) groups is 3. The van der Waals surface area contributed by atoms with Crippen molar-refractivity contribution in [2.45, 2.75) is 36.1 Å². The third-order valence-corrected chi connectivity index (χ3v) is 5.65. The summed E-state index contributed by atoms with van der Waals surface area (Å²) in [5, 5.41) is 11.4. The summed E-state index contributed by atoms with van der Waals surface area (Å²) >= 11 is 1.32. The van der Waals surface area contributed by atoms with Gasteiger partial charge in [-0.05, 0) is 26.0 Å². The second-order valence-electron chi connectivity index (χ2n) is 6.03. The summed E-state index contributed by atoms with van der Waals surface area (Å²) in [5.41, 5.74) is -0.143. The first-order chi connectivity index (χ1) is 10.7. The van der Waals surface area contributed by atoms with E-state index in [-0.39, 0.29) is 5.56 Å². The fourth-order valence-electron chi connectivity index (χ4n) is 3.01. The molecule has 2 N–H and O–H groups in total. The summed E-state index contributed by atoms with van der Waals surface area (Å²) in [6.07, 6.45) is 0. The largest absolute Gasteiger partial charge is 0.480 e. The maximum absolute atomic E-state index is 13.6. The molecule has 2 aliphatic rings. The summed E-state index contributed by atoms with van der Waals surface area (Å²) in [6, 6.07) is 3.72. The Hall–Kier alpha value is -2.09. The van der Waals surface area contributed by atoms with Crippen molar-refractivity contribution in [3.63, 3.8) is 0 Å². The quantitative estimate of drug-likeness (QED) is 0.805. The number of carbonyl (C=O) groups excluding carboxylic acids is 2. The van der Waals surface area contributed by atoms with E-state index in [1.807, 2.05) is 0 Å². The fourth-order valence-corrected chi connectivity index (χ4v) is 4.64. The predicted molar refractivity (Wildman–Crippen MR) is 81.4 cm³/mol. The van der Waals surface area contributed by atoms with Gasteiger partial charge >= 0.3 is 5.97 Å². The van der Waals surface area contributed by atoms with Gasteiger partial charge in [0.1, 0.15) is 23.3 Å². The molecular formula is C15H15FN2O4S. The maximum Gasteiger partial charge on any atom is 0.327 e. The van der Waals surface area contributed by atoms with Crippen LogP contribution in [0.3, 0.4) is 0 Å². The molecular weight excluding hydrogens is 323 g/mol. The number of hydrogen-bond donors (Lipinski definition) is 2. The minimum absolute atomic E-state index is 0.143. The number of amides is 2. The molecule has 1 aromatic carbocycles. The lowest BCUT2D eigenvalue weighted by Crippen LogP contribution is -2.70. The Morgan fingerprint density at radius 1 is 1.35 bits per heavy atom. The maximum atomic E-state index is 13.6. The third kappa shape index (κ3) is 2.37. The van der Waals surface area contributed by atoms with Crippen molar-refractivity contribution in [1.82, 2.24) is 10.2 Å². The van der Waals surface area contributed by atoms with E-state index in [0.29, 0.717) is 0 Å². The van der Waals surface area contributed by atoms with Crippen molar-refractivity contribution in [2.24, 2.45) is 0 Å². The van der Waals surface area contributed by atoms with Gasteiger partial charge in [0.15, 0.2) is 0 Å². The van der Waals surface area contributed by atoms with Crippen LogP contribution in [0.1, 0.15) is 24.2 Å². The van der Waals surface area contributed by atoms with Crippen molar-refractivity contribution >= 4 is 29.5 Å². The fraction of sp³-hybridized carbons (Fsp3) is 0.400. The number of halogens is 1. The summed E-state index contributed by atoms with van der Waals surface area (Å²) in [6.45, 7) is 3.50. The van der Waals surface area contributed by atoms with Gasteiger partial charge in [0.05, 0.1) is 5.56 Å². The summed E-state index contributed by atoms with van der Waals surface area (Å²) in [7, 11) is 0. The molecule has 6 nitrogen and oxygen atoms in total. The Labute approximate surface area is 136 Å². The van der Waals surface area contributed by atoms with Crippen LogP contribution in [0.5, 0.6) is 0 Å². The van der Waals surface area contributed by atoms with Crippen LogP contribution in [0.4, 0.5) is 4.39 Å². The van der Waals surface area contributed by atoms with E-state index < -0.39 is 45.8 Å². The lowest BCUT2D eigenvalue weighted by Gasteiger charge is -2.43. The van der Waals surface area contributed by atoms with Crippen LogP contribution in [0.25, 0.3) is 0 Å². The van der Waals surface area contributed by atoms with Gasteiger partial charge in [0.25, 0.3) is 5.91 Å². The average molecular weight is 338 g/mol. The second-order valence-corrected chi connectivity index (χ2v) is 7.80. The normalized spacial score (nSPS) is 28.0. The highest BCUT2D eigenvalue weighted by Gasteiger charge is 2.64. The number of β-lactam (4-membered cyclic amide) rings is 1. The van der Waals surface area contributed by atoms with Crippen LogP contribution in [0.2, 0.25) is 0 Å². The molecule has 2 fully saturated rings. The standard InChI is InChI=1S/C15H15FN2O4S/c1-15(2)10(14(21)22)18-12(20)9(13(18)23-15)17-11(19)7-5-3-4-6-8(7)16/h3-6,9-10,13H,1-2H3,(H,17,19)(H,21,22)/t9-,10-,13+/m0/s1. The van der Waals surface area contributed by atoms with Gasteiger partial charge in [-0.3, -0.25) is 9.59 Å². The number of fused-ring (bicyclic) bond motifs is 1. The highest BCUT2D eigenvalue weighted by Crippen LogP contribution is 2.50. The molecule has 2 saturated heterocycles. The Bertz CT molecular complexity index is 708. The number of hydrogen-bond acceptors (Lipinski definition) is 4. The van der Waals surface area contributed by atoms with E-state index >= 15 is 0 Å². The topological polar surface area (TPSA) is 86.7 Å². The first-order valence-electron chi connectivity index (χ1n) is 7.02. The number of nitrogens with one attached hydrogen (secondary N) is 1. The lowest BCUT2D eigenvalue weighted by atomic mass is 9.96. The van der Waals surface area contributed by atoms with Crippen LogP contribution >= 0.6 is 11.8 Å². The first-order valence-corrected chi connectivity index (χ1v) is 7.90. The zero-order valence-electron chi connectivity index (χ0n) is 12.4. The molecule has 0 aromatic heterocycles. The predicted octanol–water partition coefficient (Wildman–Crippen LogP) is 1.07. The Morgan fingerprint density at radius 3 is 2.61 bits per heavy atom. The SMILES string of the molecule is CC1(C)S[C@@H]2[C@@H](NC(=O)c3ccccc3F)C(=O)N2[C@H]1C(=O)O. The van der Waals surface area contributed by atoms with E-state index in [2.05, 4.69) is 5.32 Å². The Balaban J connectivity index is 1.78.